The van der Waals surface area contributed by atoms with Crippen LogP contribution in [0.3, 0.4) is 0 Å². The molecule has 1 aromatic heterocycles. The van der Waals surface area contributed by atoms with Crippen LogP contribution in [0.15, 0.2) is 30.3 Å². The summed E-state index contributed by atoms with van der Waals surface area (Å²) in [5.74, 6) is 0.0497. The van der Waals surface area contributed by atoms with Crippen molar-refractivity contribution >= 4 is 23.5 Å². The lowest BCUT2D eigenvalue weighted by molar-refractivity contribution is -0.131. The largest absolute Gasteiger partial charge is 0.426 e. The summed E-state index contributed by atoms with van der Waals surface area (Å²) in [5, 5.41) is 6.57. The highest BCUT2D eigenvalue weighted by atomic mass is 16.5. The van der Waals surface area contributed by atoms with E-state index in [-0.39, 0.29) is 11.3 Å². The van der Waals surface area contributed by atoms with E-state index in [1.54, 1.807) is 31.3 Å². The molecule has 2 rings (SSSR count). The third-order valence-corrected chi connectivity index (χ3v) is 2.53. The van der Waals surface area contributed by atoms with Crippen LogP contribution in [0.1, 0.15) is 17.3 Å². The summed E-state index contributed by atoms with van der Waals surface area (Å²) in [7, 11) is 1.66. The lowest BCUT2D eigenvalue weighted by Gasteiger charge is -2.09. The fraction of sp³-hybridized carbons (Fsp3) is 0.154. The van der Waals surface area contributed by atoms with Crippen LogP contribution < -0.4 is 15.8 Å². The van der Waals surface area contributed by atoms with Crippen molar-refractivity contribution in [3.8, 4) is 5.75 Å². The second-order valence-corrected chi connectivity index (χ2v) is 4.12. The summed E-state index contributed by atoms with van der Waals surface area (Å²) >= 11 is 0. The van der Waals surface area contributed by atoms with Crippen molar-refractivity contribution in [2.45, 2.75) is 6.92 Å². The molecule has 20 heavy (non-hydrogen) atoms. The Morgan fingerprint density at radius 1 is 1.35 bits per heavy atom. The molecule has 1 amide bonds. The van der Waals surface area contributed by atoms with Crippen molar-refractivity contribution in [3.63, 3.8) is 0 Å². The molecule has 3 N–H and O–H groups in total. The maximum absolute atomic E-state index is 12.2. The van der Waals surface area contributed by atoms with Crippen LogP contribution in [0.5, 0.6) is 5.75 Å². The van der Waals surface area contributed by atoms with Crippen molar-refractivity contribution in [3.05, 3.63) is 35.9 Å². The number of hydrogen-bond acceptors (Lipinski definition) is 5. The first-order valence-corrected chi connectivity index (χ1v) is 5.85. The standard InChI is InChI=1S/C13H14N4O3/c1-8(18)20-10-6-4-3-5-9(10)13(19)15-12-7-11(14)16-17(12)2/h3-7H,1-2H3,(H2,14,16)(H,15,19). The summed E-state index contributed by atoms with van der Waals surface area (Å²) in [5.41, 5.74) is 5.79. The topological polar surface area (TPSA) is 99.2 Å². The fourth-order valence-electron chi connectivity index (χ4n) is 1.69. The quantitative estimate of drug-likeness (QED) is 0.646. The lowest BCUT2D eigenvalue weighted by atomic mass is 10.2. The van der Waals surface area contributed by atoms with E-state index in [9.17, 15) is 9.59 Å². The molecule has 0 bridgehead atoms. The molecule has 0 saturated carbocycles. The maximum Gasteiger partial charge on any atom is 0.308 e. The van der Waals surface area contributed by atoms with E-state index in [1.165, 1.54) is 17.7 Å². The highest BCUT2D eigenvalue weighted by molar-refractivity contribution is 6.06. The van der Waals surface area contributed by atoms with E-state index < -0.39 is 11.9 Å². The van der Waals surface area contributed by atoms with Crippen LogP contribution >= 0.6 is 0 Å². The van der Waals surface area contributed by atoms with Crippen molar-refractivity contribution in [2.75, 3.05) is 11.1 Å². The van der Waals surface area contributed by atoms with E-state index in [1.807, 2.05) is 0 Å². The molecule has 0 aliphatic heterocycles. The number of nitrogens with two attached hydrogens (primary N) is 1. The smallest absolute Gasteiger partial charge is 0.308 e. The molecular weight excluding hydrogens is 260 g/mol. The Bertz CT molecular complexity index is 663. The van der Waals surface area contributed by atoms with Crippen LogP contribution in [-0.2, 0) is 11.8 Å². The molecule has 0 radical (unpaired) electrons. The molecule has 7 heteroatoms. The molecule has 0 unspecified atom stereocenters. The average molecular weight is 274 g/mol. The molecule has 0 aliphatic rings. The maximum atomic E-state index is 12.2. The molecule has 104 valence electrons. The van der Waals surface area contributed by atoms with Gasteiger partial charge >= 0.3 is 5.97 Å². The summed E-state index contributed by atoms with van der Waals surface area (Å²) < 4.78 is 6.44. The molecule has 1 heterocycles. The minimum atomic E-state index is -0.491. The summed E-state index contributed by atoms with van der Waals surface area (Å²) in [6, 6.07) is 8.00. The number of anilines is 2. The van der Waals surface area contributed by atoms with E-state index in [2.05, 4.69) is 10.4 Å². The second-order valence-electron chi connectivity index (χ2n) is 4.12. The Morgan fingerprint density at radius 3 is 2.65 bits per heavy atom. The first kappa shape index (κ1) is 13.6. The minimum Gasteiger partial charge on any atom is -0.426 e. The minimum absolute atomic E-state index is 0.202. The van der Waals surface area contributed by atoms with Crippen LogP contribution in [0, 0.1) is 0 Å². The zero-order valence-corrected chi connectivity index (χ0v) is 11.1. The van der Waals surface area contributed by atoms with Crippen LogP contribution in [0.25, 0.3) is 0 Å². The summed E-state index contributed by atoms with van der Waals surface area (Å²) in [4.78, 5) is 23.2. The van der Waals surface area contributed by atoms with E-state index >= 15 is 0 Å². The van der Waals surface area contributed by atoms with Gasteiger partial charge in [0.15, 0.2) is 0 Å². The second kappa shape index (κ2) is 5.43. The van der Waals surface area contributed by atoms with Gasteiger partial charge in [-0.1, -0.05) is 12.1 Å². The van der Waals surface area contributed by atoms with Gasteiger partial charge in [-0.3, -0.25) is 14.3 Å². The Morgan fingerprint density at radius 2 is 2.05 bits per heavy atom. The number of para-hydroxylation sites is 1. The van der Waals surface area contributed by atoms with Gasteiger partial charge < -0.3 is 15.8 Å². The SMILES string of the molecule is CC(=O)Oc1ccccc1C(=O)Nc1cc(N)nn1C. The van der Waals surface area contributed by atoms with Gasteiger partial charge in [0.25, 0.3) is 5.91 Å². The number of carbonyl (C=O) groups excluding carboxylic acids is 2. The van der Waals surface area contributed by atoms with Gasteiger partial charge in [0.05, 0.1) is 5.56 Å². The molecule has 0 fully saturated rings. The molecule has 0 aliphatic carbocycles. The molecule has 0 saturated heterocycles. The molecule has 7 nitrogen and oxygen atoms in total. The number of carbonyl (C=O) groups is 2. The number of nitrogen functional groups attached to an aromatic ring is 1. The first-order chi connectivity index (χ1) is 9.47. The van der Waals surface area contributed by atoms with Crippen LogP contribution in [0.2, 0.25) is 0 Å². The Hall–Kier alpha value is -2.83. The van der Waals surface area contributed by atoms with Crippen molar-refractivity contribution < 1.29 is 14.3 Å². The van der Waals surface area contributed by atoms with Crippen molar-refractivity contribution in [1.29, 1.82) is 0 Å². The number of aromatic nitrogens is 2. The lowest BCUT2D eigenvalue weighted by Crippen LogP contribution is -2.16. The zero-order valence-electron chi connectivity index (χ0n) is 11.1. The number of hydrogen-bond donors (Lipinski definition) is 2. The number of rotatable bonds is 3. The van der Waals surface area contributed by atoms with E-state index in [0.717, 1.165) is 0 Å². The number of nitrogens with one attached hydrogen (secondary N) is 1. The highest BCUT2D eigenvalue weighted by Gasteiger charge is 2.15. The molecule has 1 aromatic carbocycles. The predicted molar refractivity (Wildman–Crippen MR) is 73.3 cm³/mol. The van der Waals surface area contributed by atoms with Gasteiger partial charge in [0, 0.05) is 20.0 Å². The normalized spacial score (nSPS) is 10.1. The average Bonchev–Trinajstić information content (AvgIpc) is 2.67. The Balaban J connectivity index is 2.25. The van der Waals surface area contributed by atoms with E-state index in [0.29, 0.717) is 11.6 Å². The van der Waals surface area contributed by atoms with Crippen molar-refractivity contribution in [1.82, 2.24) is 9.78 Å². The molecular formula is C13H14N4O3. The first-order valence-electron chi connectivity index (χ1n) is 5.85. The van der Waals surface area contributed by atoms with Gasteiger partial charge in [-0.05, 0) is 12.1 Å². The third kappa shape index (κ3) is 2.94. The van der Waals surface area contributed by atoms with Crippen LogP contribution in [-0.4, -0.2) is 21.7 Å². The van der Waals surface area contributed by atoms with E-state index in [4.69, 9.17) is 10.5 Å². The van der Waals surface area contributed by atoms with Gasteiger partial charge in [0.2, 0.25) is 0 Å². The highest BCUT2D eigenvalue weighted by Crippen LogP contribution is 2.20. The zero-order chi connectivity index (χ0) is 14.7. The fourth-order valence-corrected chi connectivity index (χ4v) is 1.69. The van der Waals surface area contributed by atoms with Gasteiger partial charge in [-0.15, -0.1) is 0 Å². The monoisotopic (exact) mass is 274 g/mol. The Labute approximate surface area is 115 Å². The van der Waals surface area contributed by atoms with Crippen molar-refractivity contribution in [2.24, 2.45) is 7.05 Å². The molecule has 0 spiro atoms. The molecule has 0 atom stereocenters. The third-order valence-electron chi connectivity index (χ3n) is 2.53. The summed E-state index contributed by atoms with van der Waals surface area (Å²) in [6.45, 7) is 1.27. The van der Waals surface area contributed by atoms with Gasteiger partial charge in [0.1, 0.15) is 17.4 Å². The number of ether oxygens (including phenoxy) is 1. The van der Waals surface area contributed by atoms with Gasteiger partial charge in [-0.25, -0.2) is 0 Å². The summed E-state index contributed by atoms with van der Waals surface area (Å²) in [6.07, 6.45) is 0. The number of benzene rings is 1. The Kier molecular flexibility index (Phi) is 3.69. The predicted octanol–water partition coefficient (Wildman–Crippen LogP) is 1.18. The van der Waals surface area contributed by atoms with Gasteiger partial charge in [-0.2, -0.15) is 5.10 Å². The van der Waals surface area contributed by atoms with Crippen LogP contribution in [0.4, 0.5) is 11.6 Å². The number of aryl methyl sites for hydroxylation is 1. The number of esters is 1. The number of nitrogens with zero attached hydrogens (tertiary/aromatic N) is 2. The molecule has 2 aromatic rings. The number of amides is 1.